The highest BCUT2D eigenvalue weighted by atomic mass is 16.5. The van der Waals surface area contributed by atoms with Crippen molar-refractivity contribution in [1.29, 1.82) is 0 Å². The average Bonchev–Trinajstić information content (AvgIpc) is 2.55. The van der Waals surface area contributed by atoms with Gasteiger partial charge in [0.05, 0.1) is 0 Å². The van der Waals surface area contributed by atoms with Crippen molar-refractivity contribution in [3.8, 4) is 0 Å². The normalized spacial score (nSPS) is 23.9. The largest absolute Gasteiger partial charge is 0.480 e. The van der Waals surface area contributed by atoms with Gasteiger partial charge in [-0.05, 0) is 19.8 Å². The molecule has 2 N–H and O–H groups in total. The van der Waals surface area contributed by atoms with Crippen molar-refractivity contribution in [2.75, 3.05) is 6.61 Å². The van der Waals surface area contributed by atoms with Crippen molar-refractivity contribution in [2.24, 2.45) is 0 Å². The zero-order valence-electron chi connectivity index (χ0n) is 7.45. The van der Waals surface area contributed by atoms with Gasteiger partial charge in [-0.1, -0.05) is 0 Å². The van der Waals surface area contributed by atoms with E-state index in [0.29, 0.717) is 13.0 Å². The first-order valence-electron chi connectivity index (χ1n) is 4.26. The zero-order chi connectivity index (χ0) is 9.84. The summed E-state index contributed by atoms with van der Waals surface area (Å²) < 4.78 is 5.09. The van der Waals surface area contributed by atoms with Crippen LogP contribution in [0.5, 0.6) is 0 Å². The number of carboxylic acids is 1. The highest BCUT2D eigenvalue weighted by Gasteiger charge is 2.25. The van der Waals surface area contributed by atoms with Crippen LogP contribution in [0.15, 0.2) is 0 Å². The first kappa shape index (κ1) is 9.98. The summed E-state index contributed by atoms with van der Waals surface area (Å²) in [6, 6.07) is -0.850. The summed E-state index contributed by atoms with van der Waals surface area (Å²) in [6.07, 6.45) is 1.08. The number of carboxylic acid groups (broad SMARTS) is 1. The summed E-state index contributed by atoms with van der Waals surface area (Å²) in [5, 5.41) is 10.9. The molecule has 0 spiro atoms. The van der Waals surface area contributed by atoms with E-state index in [2.05, 4.69) is 5.32 Å². The maximum Gasteiger partial charge on any atom is 0.325 e. The number of ether oxygens (including phenoxy) is 1. The second-order valence-corrected chi connectivity index (χ2v) is 3.07. The number of nitrogens with one attached hydrogen (secondary N) is 1. The van der Waals surface area contributed by atoms with Gasteiger partial charge in [-0.25, -0.2) is 0 Å². The van der Waals surface area contributed by atoms with E-state index in [1.165, 1.54) is 6.92 Å². The summed E-state index contributed by atoms with van der Waals surface area (Å²) in [6.45, 7) is 2.01. The Morgan fingerprint density at radius 1 is 1.62 bits per heavy atom. The third-order valence-electron chi connectivity index (χ3n) is 1.95. The molecular weight excluding hydrogens is 174 g/mol. The van der Waals surface area contributed by atoms with Gasteiger partial charge in [0.25, 0.3) is 0 Å². The predicted octanol–water partition coefficient (Wildman–Crippen LogP) is -0.245. The van der Waals surface area contributed by atoms with Crippen molar-refractivity contribution in [3.63, 3.8) is 0 Å². The molecule has 1 aliphatic rings. The van der Waals surface area contributed by atoms with Gasteiger partial charge in [0.2, 0.25) is 5.91 Å². The molecule has 5 nitrogen and oxygen atoms in total. The Hall–Kier alpha value is -1.10. The minimum Gasteiger partial charge on any atom is -0.480 e. The molecule has 74 valence electrons. The van der Waals surface area contributed by atoms with Crippen LogP contribution in [0.1, 0.15) is 19.8 Å². The van der Waals surface area contributed by atoms with Crippen molar-refractivity contribution < 1.29 is 19.4 Å². The molecule has 1 rings (SSSR count). The molecule has 1 heterocycles. The van der Waals surface area contributed by atoms with Crippen LogP contribution in [0.3, 0.4) is 0 Å². The molecule has 0 aromatic carbocycles. The number of carbonyl (C=O) groups excluding carboxylic acids is 1. The van der Waals surface area contributed by atoms with Crippen LogP contribution < -0.4 is 5.32 Å². The van der Waals surface area contributed by atoms with Crippen molar-refractivity contribution in [2.45, 2.75) is 31.9 Å². The fourth-order valence-corrected chi connectivity index (χ4v) is 1.15. The van der Waals surface area contributed by atoms with E-state index >= 15 is 0 Å². The van der Waals surface area contributed by atoms with E-state index < -0.39 is 18.1 Å². The van der Waals surface area contributed by atoms with E-state index in [-0.39, 0.29) is 5.91 Å². The second-order valence-electron chi connectivity index (χ2n) is 3.07. The van der Waals surface area contributed by atoms with Crippen LogP contribution in [0, 0.1) is 0 Å². The van der Waals surface area contributed by atoms with E-state index in [1.54, 1.807) is 0 Å². The van der Waals surface area contributed by atoms with E-state index in [0.717, 1.165) is 6.42 Å². The van der Waals surface area contributed by atoms with E-state index in [4.69, 9.17) is 9.84 Å². The molecule has 1 amide bonds. The molecule has 0 aliphatic carbocycles. The molecular formula is C8H13NO4. The summed E-state index contributed by atoms with van der Waals surface area (Å²) in [5.41, 5.74) is 0. The van der Waals surface area contributed by atoms with E-state index in [1.807, 2.05) is 0 Å². The van der Waals surface area contributed by atoms with Crippen LogP contribution in [-0.2, 0) is 14.3 Å². The first-order chi connectivity index (χ1) is 6.11. The predicted molar refractivity (Wildman–Crippen MR) is 44.2 cm³/mol. The molecule has 0 aromatic heterocycles. The molecule has 0 radical (unpaired) electrons. The molecule has 5 heteroatoms. The number of amides is 1. The van der Waals surface area contributed by atoms with Crippen molar-refractivity contribution >= 4 is 11.9 Å². The SMILES string of the molecule is CC(NC(=O)[C@H]1CCCO1)C(=O)O. The fourth-order valence-electron chi connectivity index (χ4n) is 1.15. The van der Waals surface area contributed by atoms with Gasteiger partial charge in [-0.2, -0.15) is 0 Å². The lowest BCUT2D eigenvalue weighted by atomic mass is 10.2. The molecule has 1 saturated heterocycles. The third-order valence-corrected chi connectivity index (χ3v) is 1.95. The maximum atomic E-state index is 11.3. The Balaban J connectivity index is 2.35. The lowest BCUT2D eigenvalue weighted by molar-refractivity contribution is -0.143. The molecule has 2 atom stereocenters. The highest BCUT2D eigenvalue weighted by molar-refractivity contribution is 5.86. The van der Waals surface area contributed by atoms with Crippen LogP contribution in [0.25, 0.3) is 0 Å². The lowest BCUT2D eigenvalue weighted by Crippen LogP contribution is -2.43. The van der Waals surface area contributed by atoms with Gasteiger partial charge in [-0.3, -0.25) is 9.59 Å². The second kappa shape index (κ2) is 4.23. The zero-order valence-corrected chi connectivity index (χ0v) is 7.45. The van der Waals surface area contributed by atoms with Gasteiger partial charge in [0, 0.05) is 6.61 Å². The van der Waals surface area contributed by atoms with Crippen LogP contribution in [0.2, 0.25) is 0 Å². The monoisotopic (exact) mass is 187 g/mol. The molecule has 1 unspecified atom stereocenters. The smallest absolute Gasteiger partial charge is 0.325 e. The Labute approximate surface area is 76.1 Å². The van der Waals surface area contributed by atoms with Gasteiger partial charge in [0.15, 0.2) is 0 Å². The van der Waals surface area contributed by atoms with E-state index in [9.17, 15) is 9.59 Å². The first-order valence-corrected chi connectivity index (χ1v) is 4.26. The number of carbonyl (C=O) groups is 2. The topological polar surface area (TPSA) is 75.6 Å². The maximum absolute atomic E-state index is 11.3. The van der Waals surface area contributed by atoms with Crippen LogP contribution in [-0.4, -0.2) is 35.7 Å². The molecule has 1 aliphatic heterocycles. The van der Waals surface area contributed by atoms with Gasteiger partial charge >= 0.3 is 5.97 Å². The summed E-state index contributed by atoms with van der Waals surface area (Å²) in [4.78, 5) is 21.7. The Bertz CT molecular complexity index is 210. The van der Waals surface area contributed by atoms with Crippen molar-refractivity contribution in [3.05, 3.63) is 0 Å². The number of aliphatic carboxylic acids is 1. The molecule has 13 heavy (non-hydrogen) atoms. The van der Waals surface area contributed by atoms with Crippen LogP contribution >= 0.6 is 0 Å². The average molecular weight is 187 g/mol. The number of rotatable bonds is 3. The molecule has 1 fully saturated rings. The number of hydrogen-bond acceptors (Lipinski definition) is 3. The fraction of sp³-hybridized carbons (Fsp3) is 0.750. The van der Waals surface area contributed by atoms with Crippen LogP contribution in [0.4, 0.5) is 0 Å². The number of hydrogen-bond donors (Lipinski definition) is 2. The molecule has 0 aromatic rings. The third kappa shape index (κ3) is 2.69. The van der Waals surface area contributed by atoms with Gasteiger partial charge in [-0.15, -0.1) is 0 Å². The lowest BCUT2D eigenvalue weighted by Gasteiger charge is -2.12. The Morgan fingerprint density at radius 3 is 2.77 bits per heavy atom. The molecule has 0 bridgehead atoms. The summed E-state index contributed by atoms with van der Waals surface area (Å²) in [5.74, 6) is -1.36. The highest BCUT2D eigenvalue weighted by Crippen LogP contribution is 2.11. The quantitative estimate of drug-likeness (QED) is 0.639. The summed E-state index contributed by atoms with van der Waals surface area (Å²) in [7, 11) is 0. The Kier molecular flexibility index (Phi) is 3.25. The minimum absolute atomic E-state index is 0.326. The standard InChI is InChI=1S/C8H13NO4/c1-5(8(11)12)9-7(10)6-3-2-4-13-6/h5-6H,2-4H2,1H3,(H,9,10)(H,11,12)/t5?,6-/m1/s1. The minimum atomic E-state index is -1.04. The van der Waals surface area contributed by atoms with Gasteiger partial charge < -0.3 is 15.2 Å². The molecule has 0 saturated carbocycles. The van der Waals surface area contributed by atoms with Gasteiger partial charge in [0.1, 0.15) is 12.1 Å². The summed E-state index contributed by atoms with van der Waals surface area (Å²) >= 11 is 0. The Morgan fingerprint density at radius 2 is 2.31 bits per heavy atom. The van der Waals surface area contributed by atoms with Crippen molar-refractivity contribution in [1.82, 2.24) is 5.32 Å².